The summed E-state index contributed by atoms with van der Waals surface area (Å²) in [5.74, 6) is 2.41. The third-order valence-corrected chi connectivity index (χ3v) is 6.42. The number of carbonyl (C=O) groups is 1. The molecule has 7 nitrogen and oxygen atoms in total. The number of amides is 1. The topological polar surface area (TPSA) is 98.7 Å². The molecule has 5 rings (SSSR count). The SMILES string of the molecule is Cc1nnn(C23CC4CC(CC(NC(=O)[C@H](N)CC(C)C)(C4)C2)C3)n1. The molecule has 1 aromatic heterocycles. The van der Waals surface area contributed by atoms with Crippen LogP contribution in [0.2, 0.25) is 0 Å². The van der Waals surface area contributed by atoms with Crippen molar-refractivity contribution in [1.82, 2.24) is 25.5 Å². The van der Waals surface area contributed by atoms with Gasteiger partial charge in [-0.05, 0) is 74.8 Å². The molecule has 7 heteroatoms. The van der Waals surface area contributed by atoms with Crippen LogP contribution in [0, 0.1) is 24.7 Å². The van der Waals surface area contributed by atoms with Crippen molar-refractivity contribution in [1.29, 1.82) is 0 Å². The Bertz CT molecular complexity index is 654. The number of tetrazole rings is 1. The lowest BCUT2D eigenvalue weighted by atomic mass is 9.50. The molecular formula is C18H30N6O. The molecule has 2 unspecified atom stereocenters. The van der Waals surface area contributed by atoms with Gasteiger partial charge >= 0.3 is 0 Å². The summed E-state index contributed by atoms with van der Waals surface area (Å²) in [6, 6.07) is -0.421. The van der Waals surface area contributed by atoms with Gasteiger partial charge in [0.25, 0.3) is 0 Å². The third kappa shape index (κ3) is 2.96. The van der Waals surface area contributed by atoms with Gasteiger partial charge in [0.05, 0.1) is 11.6 Å². The fraction of sp³-hybridized carbons (Fsp3) is 0.889. The van der Waals surface area contributed by atoms with Crippen LogP contribution in [0.5, 0.6) is 0 Å². The molecule has 4 aliphatic carbocycles. The van der Waals surface area contributed by atoms with Gasteiger partial charge in [0, 0.05) is 5.54 Å². The van der Waals surface area contributed by atoms with E-state index in [4.69, 9.17) is 5.73 Å². The number of aryl methyl sites for hydroxylation is 1. The average Bonchev–Trinajstić information content (AvgIpc) is 2.92. The molecular weight excluding hydrogens is 316 g/mol. The highest BCUT2D eigenvalue weighted by Gasteiger charge is 2.60. The molecule has 4 aliphatic rings. The molecule has 0 saturated heterocycles. The minimum Gasteiger partial charge on any atom is -0.349 e. The van der Waals surface area contributed by atoms with E-state index in [9.17, 15) is 4.79 Å². The summed E-state index contributed by atoms with van der Waals surface area (Å²) in [6.07, 6.45) is 7.25. The predicted octanol–water partition coefficient (Wildman–Crippen LogP) is 1.52. The Hall–Kier alpha value is -1.50. The maximum absolute atomic E-state index is 12.7. The highest BCUT2D eigenvalue weighted by atomic mass is 16.2. The molecule has 138 valence electrons. The molecule has 0 aliphatic heterocycles. The van der Waals surface area contributed by atoms with E-state index in [0.717, 1.165) is 38.5 Å². The van der Waals surface area contributed by atoms with Crippen molar-refractivity contribution in [2.75, 3.05) is 0 Å². The van der Waals surface area contributed by atoms with Crippen molar-refractivity contribution in [3.63, 3.8) is 0 Å². The van der Waals surface area contributed by atoms with E-state index in [1.807, 2.05) is 11.7 Å². The second-order valence-corrected chi connectivity index (χ2v) is 9.32. The molecule has 3 N–H and O–H groups in total. The van der Waals surface area contributed by atoms with Crippen molar-refractivity contribution in [3.8, 4) is 0 Å². The van der Waals surface area contributed by atoms with E-state index < -0.39 is 6.04 Å². The maximum atomic E-state index is 12.7. The number of nitrogens with one attached hydrogen (secondary N) is 1. The number of rotatable bonds is 5. The average molecular weight is 346 g/mol. The molecule has 4 fully saturated rings. The second-order valence-electron chi connectivity index (χ2n) is 9.32. The molecule has 0 spiro atoms. The zero-order valence-electron chi connectivity index (χ0n) is 15.5. The highest BCUT2D eigenvalue weighted by molar-refractivity contribution is 5.82. The minimum atomic E-state index is -0.421. The first kappa shape index (κ1) is 16.9. The van der Waals surface area contributed by atoms with Crippen LogP contribution in [0.25, 0.3) is 0 Å². The first-order valence-electron chi connectivity index (χ1n) is 9.64. The lowest BCUT2D eigenvalue weighted by molar-refractivity contribution is -0.133. The van der Waals surface area contributed by atoms with Crippen molar-refractivity contribution < 1.29 is 4.79 Å². The van der Waals surface area contributed by atoms with Crippen LogP contribution in [-0.4, -0.2) is 37.7 Å². The molecule has 3 atom stereocenters. The van der Waals surface area contributed by atoms with Gasteiger partial charge in [0.2, 0.25) is 5.91 Å². The summed E-state index contributed by atoms with van der Waals surface area (Å²) in [7, 11) is 0. The lowest BCUT2D eigenvalue weighted by Gasteiger charge is -2.61. The van der Waals surface area contributed by atoms with Crippen LogP contribution in [0.15, 0.2) is 0 Å². The van der Waals surface area contributed by atoms with E-state index in [2.05, 4.69) is 34.6 Å². The highest BCUT2D eigenvalue weighted by Crippen LogP contribution is 2.60. The quantitative estimate of drug-likeness (QED) is 0.842. The second kappa shape index (κ2) is 5.76. The van der Waals surface area contributed by atoms with Gasteiger partial charge in [-0.3, -0.25) is 4.79 Å². The Balaban J connectivity index is 1.57. The summed E-state index contributed by atoms with van der Waals surface area (Å²) in [5.41, 5.74) is 5.92. The molecule has 4 bridgehead atoms. The Morgan fingerprint density at radius 1 is 1.32 bits per heavy atom. The summed E-state index contributed by atoms with van der Waals surface area (Å²) >= 11 is 0. The van der Waals surface area contributed by atoms with E-state index in [1.54, 1.807) is 0 Å². The Morgan fingerprint density at radius 2 is 2.00 bits per heavy atom. The van der Waals surface area contributed by atoms with E-state index in [1.165, 1.54) is 6.42 Å². The van der Waals surface area contributed by atoms with Gasteiger partial charge in [0.1, 0.15) is 0 Å². The first-order chi connectivity index (χ1) is 11.8. The number of aromatic nitrogens is 4. The van der Waals surface area contributed by atoms with Gasteiger partial charge in [-0.1, -0.05) is 13.8 Å². The number of carbonyl (C=O) groups excluding carboxylic acids is 1. The molecule has 4 saturated carbocycles. The molecule has 1 heterocycles. The van der Waals surface area contributed by atoms with Gasteiger partial charge < -0.3 is 11.1 Å². The van der Waals surface area contributed by atoms with Crippen molar-refractivity contribution in [2.24, 2.45) is 23.5 Å². The number of nitrogens with two attached hydrogens (primary N) is 1. The maximum Gasteiger partial charge on any atom is 0.237 e. The summed E-state index contributed by atoms with van der Waals surface area (Å²) in [4.78, 5) is 14.6. The number of hydrogen-bond acceptors (Lipinski definition) is 5. The van der Waals surface area contributed by atoms with Gasteiger partial charge in [0.15, 0.2) is 5.82 Å². The van der Waals surface area contributed by atoms with Crippen LogP contribution in [-0.2, 0) is 10.3 Å². The van der Waals surface area contributed by atoms with Gasteiger partial charge in [-0.15, -0.1) is 10.2 Å². The van der Waals surface area contributed by atoms with E-state index in [0.29, 0.717) is 23.6 Å². The Morgan fingerprint density at radius 3 is 2.56 bits per heavy atom. The van der Waals surface area contributed by atoms with Gasteiger partial charge in [-0.25, -0.2) is 0 Å². The first-order valence-corrected chi connectivity index (χ1v) is 9.64. The predicted molar refractivity (Wildman–Crippen MR) is 93.5 cm³/mol. The standard InChI is InChI=1S/C18H30N6O/c1-11(2)4-15(19)16(25)20-17-6-13-5-14(7-17)9-18(8-13,10-17)24-22-12(3)21-23-24/h11,13-15H,4-10,19H2,1-3H3,(H,20,25)/t13?,14?,15-,17?,18?/m1/s1. The molecule has 1 aromatic rings. The van der Waals surface area contributed by atoms with Crippen LogP contribution in [0.4, 0.5) is 0 Å². The Kier molecular flexibility index (Phi) is 3.90. The van der Waals surface area contributed by atoms with Crippen LogP contribution < -0.4 is 11.1 Å². The lowest BCUT2D eigenvalue weighted by Crippen LogP contribution is -2.67. The largest absolute Gasteiger partial charge is 0.349 e. The molecule has 1 amide bonds. The summed E-state index contributed by atoms with van der Waals surface area (Å²) in [5, 5.41) is 16.3. The molecule has 25 heavy (non-hydrogen) atoms. The summed E-state index contributed by atoms with van der Waals surface area (Å²) < 4.78 is 0. The monoisotopic (exact) mass is 346 g/mol. The fourth-order valence-corrected chi connectivity index (χ4v) is 6.05. The number of nitrogens with zero attached hydrogens (tertiary/aromatic N) is 4. The summed E-state index contributed by atoms with van der Waals surface area (Å²) in [6.45, 7) is 6.09. The van der Waals surface area contributed by atoms with E-state index in [-0.39, 0.29) is 17.0 Å². The van der Waals surface area contributed by atoms with Crippen molar-refractivity contribution in [2.45, 2.75) is 82.8 Å². The fourth-order valence-electron chi connectivity index (χ4n) is 6.05. The van der Waals surface area contributed by atoms with Crippen LogP contribution in [0.1, 0.15) is 64.6 Å². The van der Waals surface area contributed by atoms with Gasteiger partial charge in [-0.2, -0.15) is 4.80 Å². The zero-order chi connectivity index (χ0) is 17.8. The number of hydrogen-bond donors (Lipinski definition) is 2. The van der Waals surface area contributed by atoms with Crippen molar-refractivity contribution in [3.05, 3.63) is 5.82 Å². The smallest absolute Gasteiger partial charge is 0.237 e. The van der Waals surface area contributed by atoms with Crippen LogP contribution >= 0.6 is 0 Å². The normalized spacial score (nSPS) is 37.5. The van der Waals surface area contributed by atoms with E-state index >= 15 is 0 Å². The van der Waals surface area contributed by atoms with Crippen molar-refractivity contribution >= 4 is 5.91 Å². The Labute approximate surface area is 149 Å². The van der Waals surface area contributed by atoms with Crippen LogP contribution in [0.3, 0.4) is 0 Å². The zero-order valence-corrected chi connectivity index (χ0v) is 15.5. The minimum absolute atomic E-state index is 0.00790. The molecule has 0 aromatic carbocycles. The third-order valence-electron chi connectivity index (χ3n) is 6.42. The molecule has 0 radical (unpaired) electrons.